The predicted molar refractivity (Wildman–Crippen MR) is 108 cm³/mol. The molecule has 0 spiro atoms. The first-order chi connectivity index (χ1) is 13.2. The molecular weight excluding hydrogens is 353 g/mol. The fourth-order valence-corrected chi connectivity index (χ4v) is 3.83. The van der Waals surface area contributed by atoms with E-state index in [9.17, 15) is 0 Å². The summed E-state index contributed by atoms with van der Waals surface area (Å²) in [5.74, 6) is 1.84. The van der Waals surface area contributed by atoms with Gasteiger partial charge in [0, 0.05) is 19.4 Å². The van der Waals surface area contributed by atoms with E-state index < -0.39 is 0 Å². The summed E-state index contributed by atoms with van der Waals surface area (Å²) in [5, 5.41) is 8.14. The zero-order valence-corrected chi connectivity index (χ0v) is 17.6. The molecule has 0 N–H and O–H groups in total. The number of benzene rings is 1. The molecule has 0 saturated carbocycles. The van der Waals surface area contributed by atoms with Crippen molar-refractivity contribution in [1.82, 2.24) is 15.1 Å². The molecule has 0 unspecified atom stereocenters. The SMILES string of the molecule is Cc1nnc(C2CCN(Cc3ccc(B4OC(C)(C)C(C)(C)O4)cc3)CC2)o1. The Balaban J connectivity index is 1.32. The predicted octanol–water partition coefficient (Wildman–Crippen LogP) is 3.06. The monoisotopic (exact) mass is 383 g/mol. The summed E-state index contributed by atoms with van der Waals surface area (Å²) in [6, 6.07) is 8.64. The van der Waals surface area contributed by atoms with E-state index in [-0.39, 0.29) is 18.3 Å². The second kappa shape index (κ2) is 7.28. The lowest BCUT2D eigenvalue weighted by Crippen LogP contribution is -2.41. The molecule has 0 radical (unpaired) electrons. The average Bonchev–Trinajstić information content (AvgIpc) is 3.17. The molecule has 2 fully saturated rings. The van der Waals surface area contributed by atoms with Gasteiger partial charge in [0.2, 0.25) is 11.8 Å². The topological polar surface area (TPSA) is 60.6 Å². The van der Waals surface area contributed by atoms with Crippen LogP contribution in [0.2, 0.25) is 0 Å². The Morgan fingerprint density at radius 3 is 2.14 bits per heavy atom. The second-order valence-corrected chi connectivity index (χ2v) is 9.04. The van der Waals surface area contributed by atoms with Crippen LogP contribution in [0.4, 0.5) is 0 Å². The van der Waals surface area contributed by atoms with Crippen molar-refractivity contribution < 1.29 is 13.7 Å². The van der Waals surface area contributed by atoms with Gasteiger partial charge in [0.25, 0.3) is 0 Å². The maximum atomic E-state index is 6.14. The third-order valence-corrected chi connectivity index (χ3v) is 6.39. The van der Waals surface area contributed by atoms with Crippen LogP contribution in [0.1, 0.15) is 63.8 Å². The van der Waals surface area contributed by atoms with Gasteiger partial charge in [-0.3, -0.25) is 4.90 Å². The Kier molecular flexibility index (Phi) is 5.10. The lowest BCUT2D eigenvalue weighted by Gasteiger charge is -2.32. The zero-order chi connectivity index (χ0) is 19.9. The van der Waals surface area contributed by atoms with E-state index in [0.29, 0.717) is 11.8 Å². The molecule has 1 aromatic carbocycles. The van der Waals surface area contributed by atoms with Crippen LogP contribution in [0.25, 0.3) is 0 Å². The molecule has 6 nitrogen and oxygen atoms in total. The molecule has 4 rings (SSSR count). The Hall–Kier alpha value is -1.70. The van der Waals surface area contributed by atoms with E-state index in [0.717, 1.165) is 43.8 Å². The molecule has 2 saturated heterocycles. The van der Waals surface area contributed by atoms with Gasteiger partial charge in [0.15, 0.2) is 0 Å². The van der Waals surface area contributed by atoms with Crippen molar-refractivity contribution in [3.63, 3.8) is 0 Å². The standard InChI is InChI=1S/C21H30BN3O3/c1-15-23-24-19(26-15)17-10-12-25(13-11-17)14-16-6-8-18(9-7-16)22-27-20(2,3)21(4,5)28-22/h6-9,17H,10-14H2,1-5H3. The van der Waals surface area contributed by atoms with Crippen molar-refractivity contribution in [1.29, 1.82) is 0 Å². The first kappa shape index (κ1) is 19.6. The molecule has 2 aliphatic rings. The number of piperidine rings is 1. The molecule has 2 aliphatic heterocycles. The summed E-state index contributed by atoms with van der Waals surface area (Å²) < 4.78 is 17.9. The number of hydrogen-bond donors (Lipinski definition) is 0. The van der Waals surface area contributed by atoms with Crippen LogP contribution >= 0.6 is 0 Å². The van der Waals surface area contributed by atoms with Crippen LogP contribution in [0, 0.1) is 6.92 Å². The van der Waals surface area contributed by atoms with Crippen molar-refractivity contribution in [2.45, 2.75) is 71.1 Å². The Bertz CT molecular complexity index is 795. The highest BCUT2D eigenvalue weighted by Gasteiger charge is 2.51. The van der Waals surface area contributed by atoms with Gasteiger partial charge in [-0.25, -0.2) is 0 Å². The van der Waals surface area contributed by atoms with Crippen LogP contribution in [0.3, 0.4) is 0 Å². The first-order valence-electron chi connectivity index (χ1n) is 10.2. The maximum Gasteiger partial charge on any atom is 0.494 e. The van der Waals surface area contributed by atoms with Gasteiger partial charge >= 0.3 is 7.12 Å². The zero-order valence-electron chi connectivity index (χ0n) is 17.6. The average molecular weight is 383 g/mol. The van der Waals surface area contributed by atoms with Gasteiger partial charge < -0.3 is 13.7 Å². The van der Waals surface area contributed by atoms with E-state index in [4.69, 9.17) is 13.7 Å². The van der Waals surface area contributed by atoms with Gasteiger partial charge in [-0.05, 0) is 64.7 Å². The van der Waals surface area contributed by atoms with E-state index in [1.807, 2.05) is 6.92 Å². The summed E-state index contributed by atoms with van der Waals surface area (Å²) in [6.07, 6.45) is 2.13. The molecule has 150 valence electrons. The van der Waals surface area contributed by atoms with E-state index in [2.05, 4.69) is 67.1 Å². The molecule has 28 heavy (non-hydrogen) atoms. The molecule has 0 aliphatic carbocycles. The summed E-state index contributed by atoms with van der Waals surface area (Å²) in [6.45, 7) is 13.2. The quantitative estimate of drug-likeness (QED) is 0.757. The van der Waals surface area contributed by atoms with Crippen LogP contribution in [-0.2, 0) is 15.9 Å². The number of aromatic nitrogens is 2. The normalized spacial score (nSPS) is 22.7. The van der Waals surface area contributed by atoms with Crippen molar-refractivity contribution in [3.8, 4) is 0 Å². The summed E-state index contributed by atoms with van der Waals surface area (Å²) in [4.78, 5) is 2.49. The van der Waals surface area contributed by atoms with Crippen LogP contribution in [0.5, 0.6) is 0 Å². The molecule has 3 heterocycles. The lowest BCUT2D eigenvalue weighted by molar-refractivity contribution is 0.00578. The highest BCUT2D eigenvalue weighted by Crippen LogP contribution is 2.36. The van der Waals surface area contributed by atoms with Crippen LogP contribution in [-0.4, -0.2) is 46.5 Å². The second-order valence-electron chi connectivity index (χ2n) is 9.04. The van der Waals surface area contributed by atoms with Crippen LogP contribution < -0.4 is 5.46 Å². The lowest BCUT2D eigenvalue weighted by atomic mass is 9.79. The molecule has 0 amide bonds. The van der Waals surface area contributed by atoms with Crippen molar-refractivity contribution in [3.05, 3.63) is 41.6 Å². The number of nitrogens with zero attached hydrogens (tertiary/aromatic N) is 3. The van der Waals surface area contributed by atoms with E-state index in [1.165, 1.54) is 5.56 Å². The van der Waals surface area contributed by atoms with Crippen molar-refractivity contribution in [2.24, 2.45) is 0 Å². The van der Waals surface area contributed by atoms with E-state index >= 15 is 0 Å². The largest absolute Gasteiger partial charge is 0.494 e. The third-order valence-electron chi connectivity index (χ3n) is 6.39. The Labute approximate surface area is 167 Å². The highest BCUT2D eigenvalue weighted by atomic mass is 16.7. The fourth-order valence-electron chi connectivity index (χ4n) is 3.83. The number of hydrogen-bond acceptors (Lipinski definition) is 6. The molecule has 0 bridgehead atoms. The molecule has 2 aromatic rings. The summed E-state index contributed by atoms with van der Waals surface area (Å²) >= 11 is 0. The van der Waals surface area contributed by atoms with Gasteiger partial charge in [-0.15, -0.1) is 10.2 Å². The van der Waals surface area contributed by atoms with Gasteiger partial charge in [-0.1, -0.05) is 24.3 Å². The van der Waals surface area contributed by atoms with Crippen molar-refractivity contribution in [2.75, 3.05) is 13.1 Å². The summed E-state index contributed by atoms with van der Waals surface area (Å²) in [5.41, 5.74) is 1.77. The Morgan fingerprint density at radius 2 is 1.61 bits per heavy atom. The molecule has 1 aromatic heterocycles. The van der Waals surface area contributed by atoms with Gasteiger partial charge in [0.1, 0.15) is 0 Å². The minimum Gasteiger partial charge on any atom is -0.425 e. The number of likely N-dealkylation sites (tertiary alicyclic amines) is 1. The van der Waals surface area contributed by atoms with Crippen molar-refractivity contribution >= 4 is 12.6 Å². The first-order valence-corrected chi connectivity index (χ1v) is 10.2. The smallest absolute Gasteiger partial charge is 0.425 e. The molecule has 7 heteroatoms. The molecule has 0 atom stereocenters. The van der Waals surface area contributed by atoms with Gasteiger partial charge in [-0.2, -0.15) is 0 Å². The molecular formula is C21H30BN3O3. The highest BCUT2D eigenvalue weighted by molar-refractivity contribution is 6.62. The minimum atomic E-state index is -0.308. The maximum absolute atomic E-state index is 6.14. The summed E-state index contributed by atoms with van der Waals surface area (Å²) in [7, 11) is -0.298. The number of rotatable bonds is 4. The van der Waals surface area contributed by atoms with E-state index in [1.54, 1.807) is 0 Å². The number of aryl methyl sites for hydroxylation is 1. The van der Waals surface area contributed by atoms with Gasteiger partial charge in [0.05, 0.1) is 11.2 Å². The minimum absolute atomic E-state index is 0.298. The fraction of sp³-hybridized carbons (Fsp3) is 0.619. The Morgan fingerprint density at radius 1 is 1.00 bits per heavy atom. The third kappa shape index (κ3) is 3.88. The van der Waals surface area contributed by atoms with Crippen LogP contribution in [0.15, 0.2) is 28.7 Å².